The van der Waals surface area contributed by atoms with Gasteiger partial charge in [-0.05, 0) is 39.3 Å². The van der Waals surface area contributed by atoms with Crippen LogP contribution in [0.15, 0.2) is 18.2 Å². The molecule has 28 heavy (non-hydrogen) atoms. The average Bonchev–Trinajstić information content (AvgIpc) is 2.60. The lowest BCUT2D eigenvalue weighted by Gasteiger charge is -2.22. The van der Waals surface area contributed by atoms with E-state index in [0.29, 0.717) is 6.29 Å². The standard InChI is InChI=1S/C19H22N2O7/c1-19(2,3)28-16(24)10-27-14-6-4-5-11(12(14)9-22)17(25)20-13-7-8-15(23)21-18(13)26/h4-6,9,13H,7-8,10H2,1-3H3,(H,20,25)(H,21,23,26). The van der Waals surface area contributed by atoms with Crippen molar-refractivity contribution >= 4 is 30.0 Å². The molecule has 2 N–H and O–H groups in total. The minimum absolute atomic E-state index is 0.0126. The number of piperidine rings is 1. The number of rotatable bonds is 6. The molecule has 9 heteroatoms. The minimum Gasteiger partial charge on any atom is -0.481 e. The normalized spacial score (nSPS) is 16.8. The number of nitrogens with one attached hydrogen (secondary N) is 2. The van der Waals surface area contributed by atoms with E-state index in [4.69, 9.17) is 9.47 Å². The second-order valence-corrected chi connectivity index (χ2v) is 7.19. The Hall–Kier alpha value is -3.23. The quantitative estimate of drug-likeness (QED) is 0.417. The van der Waals surface area contributed by atoms with Crippen molar-refractivity contribution in [2.75, 3.05) is 6.61 Å². The van der Waals surface area contributed by atoms with Crippen molar-refractivity contribution in [2.45, 2.75) is 45.3 Å². The third-order valence-corrected chi connectivity index (χ3v) is 3.74. The molecule has 1 aromatic rings. The Labute approximate surface area is 161 Å². The Kier molecular flexibility index (Phi) is 6.50. The van der Waals surface area contributed by atoms with E-state index in [2.05, 4.69) is 10.6 Å². The van der Waals surface area contributed by atoms with Crippen molar-refractivity contribution in [1.82, 2.24) is 10.6 Å². The molecule has 1 aliphatic heterocycles. The van der Waals surface area contributed by atoms with Crippen LogP contribution in [0, 0.1) is 0 Å². The van der Waals surface area contributed by atoms with Gasteiger partial charge in [-0.2, -0.15) is 0 Å². The van der Waals surface area contributed by atoms with E-state index in [1.165, 1.54) is 18.2 Å². The maximum atomic E-state index is 12.5. The van der Waals surface area contributed by atoms with E-state index in [-0.39, 0.29) is 29.7 Å². The first-order chi connectivity index (χ1) is 13.1. The van der Waals surface area contributed by atoms with Crippen LogP contribution in [-0.2, 0) is 19.1 Å². The predicted octanol–water partition coefficient (Wildman–Crippen LogP) is 0.755. The van der Waals surface area contributed by atoms with Gasteiger partial charge in [-0.15, -0.1) is 0 Å². The van der Waals surface area contributed by atoms with E-state index in [1.54, 1.807) is 20.8 Å². The van der Waals surface area contributed by atoms with Gasteiger partial charge in [-0.3, -0.25) is 24.5 Å². The van der Waals surface area contributed by atoms with Crippen LogP contribution in [-0.4, -0.2) is 48.2 Å². The molecule has 3 amide bonds. The van der Waals surface area contributed by atoms with E-state index in [0.717, 1.165) is 0 Å². The molecule has 0 aromatic heterocycles. The topological polar surface area (TPSA) is 128 Å². The highest BCUT2D eigenvalue weighted by molar-refractivity contribution is 6.06. The number of hydrogen-bond acceptors (Lipinski definition) is 7. The molecule has 0 saturated carbocycles. The molecule has 2 rings (SSSR count). The molecule has 0 aliphatic carbocycles. The molecule has 1 saturated heterocycles. The Morgan fingerprint density at radius 2 is 2.00 bits per heavy atom. The fraction of sp³-hybridized carbons (Fsp3) is 0.421. The Morgan fingerprint density at radius 1 is 1.29 bits per heavy atom. The summed E-state index contributed by atoms with van der Waals surface area (Å²) in [5, 5.41) is 4.63. The lowest BCUT2D eigenvalue weighted by molar-refractivity contribution is -0.157. The Morgan fingerprint density at radius 3 is 2.61 bits per heavy atom. The predicted molar refractivity (Wildman–Crippen MR) is 96.8 cm³/mol. The summed E-state index contributed by atoms with van der Waals surface area (Å²) in [6, 6.07) is 3.44. The van der Waals surface area contributed by atoms with Gasteiger partial charge in [0.15, 0.2) is 12.9 Å². The second-order valence-electron chi connectivity index (χ2n) is 7.19. The van der Waals surface area contributed by atoms with Crippen molar-refractivity contribution in [3.8, 4) is 5.75 Å². The van der Waals surface area contributed by atoms with Crippen LogP contribution >= 0.6 is 0 Å². The lowest BCUT2D eigenvalue weighted by Crippen LogP contribution is -2.52. The molecule has 150 valence electrons. The lowest BCUT2D eigenvalue weighted by atomic mass is 10.0. The van der Waals surface area contributed by atoms with Crippen LogP contribution in [0.3, 0.4) is 0 Å². The number of carbonyl (C=O) groups is 5. The van der Waals surface area contributed by atoms with E-state index < -0.39 is 41.9 Å². The molecule has 1 fully saturated rings. The fourth-order valence-electron chi connectivity index (χ4n) is 2.56. The molecular weight excluding hydrogens is 368 g/mol. The highest BCUT2D eigenvalue weighted by atomic mass is 16.6. The molecule has 1 heterocycles. The van der Waals surface area contributed by atoms with Crippen LogP contribution < -0.4 is 15.4 Å². The largest absolute Gasteiger partial charge is 0.481 e. The Bertz CT molecular complexity index is 811. The van der Waals surface area contributed by atoms with Gasteiger partial charge in [0.05, 0.1) is 11.1 Å². The van der Waals surface area contributed by atoms with Gasteiger partial charge in [-0.25, -0.2) is 4.79 Å². The molecule has 0 radical (unpaired) electrons. The zero-order chi connectivity index (χ0) is 20.9. The first kappa shape index (κ1) is 21.1. The van der Waals surface area contributed by atoms with Crippen molar-refractivity contribution in [3.63, 3.8) is 0 Å². The number of imide groups is 1. The van der Waals surface area contributed by atoms with Gasteiger partial charge < -0.3 is 14.8 Å². The van der Waals surface area contributed by atoms with Crippen molar-refractivity contribution in [2.24, 2.45) is 0 Å². The molecule has 0 bridgehead atoms. The summed E-state index contributed by atoms with van der Waals surface area (Å²) in [7, 11) is 0. The van der Waals surface area contributed by atoms with Crippen molar-refractivity contribution < 1.29 is 33.4 Å². The van der Waals surface area contributed by atoms with Crippen molar-refractivity contribution in [3.05, 3.63) is 29.3 Å². The van der Waals surface area contributed by atoms with Gasteiger partial charge >= 0.3 is 5.97 Å². The molecule has 1 aliphatic rings. The van der Waals surface area contributed by atoms with Crippen LogP contribution in [0.1, 0.15) is 54.3 Å². The molecule has 0 spiro atoms. The van der Waals surface area contributed by atoms with E-state index >= 15 is 0 Å². The third kappa shape index (κ3) is 5.63. The van der Waals surface area contributed by atoms with Gasteiger partial charge in [0.2, 0.25) is 11.8 Å². The molecule has 1 aromatic carbocycles. The minimum atomic E-state index is -0.879. The number of benzene rings is 1. The van der Waals surface area contributed by atoms with Crippen molar-refractivity contribution in [1.29, 1.82) is 0 Å². The number of aldehydes is 1. The third-order valence-electron chi connectivity index (χ3n) is 3.74. The number of carbonyl (C=O) groups excluding carboxylic acids is 5. The smallest absolute Gasteiger partial charge is 0.344 e. The molecule has 9 nitrogen and oxygen atoms in total. The fourth-order valence-corrected chi connectivity index (χ4v) is 2.56. The van der Waals surface area contributed by atoms with Crippen LogP contribution in [0.2, 0.25) is 0 Å². The molecule has 1 atom stereocenters. The summed E-state index contributed by atoms with van der Waals surface area (Å²) in [5.74, 6) is -2.25. The zero-order valence-electron chi connectivity index (χ0n) is 15.9. The summed E-state index contributed by atoms with van der Waals surface area (Å²) in [4.78, 5) is 58.8. The first-order valence-corrected chi connectivity index (χ1v) is 8.68. The van der Waals surface area contributed by atoms with E-state index in [9.17, 15) is 24.0 Å². The average molecular weight is 390 g/mol. The van der Waals surface area contributed by atoms with Crippen LogP contribution in [0.25, 0.3) is 0 Å². The number of amides is 3. The zero-order valence-corrected chi connectivity index (χ0v) is 15.9. The maximum Gasteiger partial charge on any atom is 0.344 e. The highest BCUT2D eigenvalue weighted by Crippen LogP contribution is 2.21. The van der Waals surface area contributed by atoms with Gasteiger partial charge in [-0.1, -0.05) is 6.07 Å². The summed E-state index contributed by atoms with van der Waals surface area (Å²) in [5.41, 5.74) is -0.755. The number of esters is 1. The van der Waals surface area contributed by atoms with Crippen LogP contribution in [0.5, 0.6) is 5.75 Å². The SMILES string of the molecule is CC(C)(C)OC(=O)COc1cccc(C(=O)NC2CCC(=O)NC2=O)c1C=O. The van der Waals surface area contributed by atoms with Crippen LogP contribution in [0.4, 0.5) is 0 Å². The van der Waals surface area contributed by atoms with Gasteiger partial charge in [0.25, 0.3) is 5.91 Å². The maximum absolute atomic E-state index is 12.5. The molecular formula is C19H22N2O7. The summed E-state index contributed by atoms with van der Waals surface area (Å²) >= 11 is 0. The highest BCUT2D eigenvalue weighted by Gasteiger charge is 2.29. The summed E-state index contributed by atoms with van der Waals surface area (Å²) in [6.45, 7) is 4.70. The number of ether oxygens (including phenoxy) is 2. The monoisotopic (exact) mass is 390 g/mol. The van der Waals surface area contributed by atoms with E-state index in [1.807, 2.05) is 0 Å². The second kappa shape index (κ2) is 8.64. The van der Waals surface area contributed by atoms with Gasteiger partial charge in [0.1, 0.15) is 17.4 Å². The van der Waals surface area contributed by atoms with Gasteiger partial charge in [0, 0.05) is 6.42 Å². The Balaban J connectivity index is 2.11. The molecule has 1 unspecified atom stereocenters. The summed E-state index contributed by atoms with van der Waals surface area (Å²) < 4.78 is 10.5. The summed E-state index contributed by atoms with van der Waals surface area (Å²) in [6.07, 6.45) is 0.710. The number of hydrogen-bond donors (Lipinski definition) is 2. The first-order valence-electron chi connectivity index (χ1n) is 8.68.